The fourth-order valence-corrected chi connectivity index (χ4v) is 3.20. The third-order valence-corrected chi connectivity index (χ3v) is 4.61. The van der Waals surface area contributed by atoms with E-state index < -0.39 is 6.09 Å². The van der Waals surface area contributed by atoms with Crippen LogP contribution < -0.4 is 16.6 Å². The molecular weight excluding hydrogens is 326 g/mol. The molecule has 24 heavy (non-hydrogen) atoms. The van der Waals surface area contributed by atoms with E-state index in [0.29, 0.717) is 11.7 Å². The molecule has 0 aliphatic carbocycles. The predicted molar refractivity (Wildman–Crippen MR) is 98.9 cm³/mol. The number of carbonyl (C=O) groups is 1. The summed E-state index contributed by atoms with van der Waals surface area (Å²) in [7, 11) is 0. The zero-order chi connectivity index (χ0) is 17.9. The highest BCUT2D eigenvalue weighted by Crippen LogP contribution is 2.24. The molecule has 0 bridgehead atoms. The van der Waals surface area contributed by atoms with Gasteiger partial charge in [-0.05, 0) is 55.7 Å². The van der Waals surface area contributed by atoms with Crippen LogP contribution in [0.3, 0.4) is 0 Å². The van der Waals surface area contributed by atoms with Gasteiger partial charge in [0.15, 0.2) is 5.11 Å². The lowest BCUT2D eigenvalue weighted by molar-refractivity contribution is 0.0710. The Morgan fingerprint density at radius 3 is 2.71 bits per heavy atom. The monoisotopic (exact) mass is 351 g/mol. The SMILES string of the molecule is Cc1cc(CN2CCN(C(=O)O)[C@@H](C)C2)c(C)c(NC(=S)NN)c1. The van der Waals surface area contributed by atoms with Gasteiger partial charge in [-0.25, -0.2) is 10.6 Å². The van der Waals surface area contributed by atoms with E-state index in [4.69, 9.17) is 18.1 Å². The lowest BCUT2D eigenvalue weighted by Crippen LogP contribution is -2.53. The maximum absolute atomic E-state index is 11.2. The van der Waals surface area contributed by atoms with Gasteiger partial charge in [0.05, 0.1) is 0 Å². The summed E-state index contributed by atoms with van der Waals surface area (Å²) < 4.78 is 0. The summed E-state index contributed by atoms with van der Waals surface area (Å²) in [6.07, 6.45) is -0.844. The number of hydrogen-bond acceptors (Lipinski definition) is 4. The number of benzene rings is 1. The number of nitrogens with zero attached hydrogens (tertiary/aromatic N) is 2. The smallest absolute Gasteiger partial charge is 0.407 e. The Bertz CT molecular complexity index is 637. The standard InChI is InChI=1S/C16H25N5O2S/c1-10-6-13(12(3)14(7-10)18-15(24)19-17)9-20-4-5-21(16(22)23)11(2)8-20/h6-7,11H,4-5,8-9,17H2,1-3H3,(H,22,23)(H2,18,19,24)/t11-/m0/s1. The Hall–Kier alpha value is -1.90. The topological polar surface area (TPSA) is 93.9 Å². The van der Waals surface area contributed by atoms with Crippen LogP contribution in [0.5, 0.6) is 0 Å². The maximum atomic E-state index is 11.2. The van der Waals surface area contributed by atoms with Crippen molar-refractivity contribution in [3.63, 3.8) is 0 Å². The largest absolute Gasteiger partial charge is 0.465 e. The molecule has 1 aromatic carbocycles. The molecule has 1 amide bonds. The summed E-state index contributed by atoms with van der Waals surface area (Å²) in [5, 5.41) is 12.7. The van der Waals surface area contributed by atoms with Crippen molar-refractivity contribution in [3.05, 3.63) is 28.8 Å². The normalized spacial score (nSPS) is 18.3. The second kappa shape index (κ2) is 7.78. The number of hydrazine groups is 1. The molecule has 0 radical (unpaired) electrons. The number of piperazine rings is 1. The molecule has 0 aromatic heterocycles. The molecule has 5 N–H and O–H groups in total. The molecule has 7 nitrogen and oxygen atoms in total. The van der Waals surface area contributed by atoms with Gasteiger partial charge in [-0.1, -0.05) is 6.07 Å². The van der Waals surface area contributed by atoms with Gasteiger partial charge in [0, 0.05) is 37.9 Å². The molecule has 132 valence electrons. The predicted octanol–water partition coefficient (Wildman–Crippen LogP) is 1.65. The van der Waals surface area contributed by atoms with E-state index in [0.717, 1.165) is 36.4 Å². The highest BCUT2D eigenvalue weighted by atomic mass is 32.1. The van der Waals surface area contributed by atoms with Gasteiger partial charge in [-0.15, -0.1) is 0 Å². The minimum atomic E-state index is -0.844. The number of anilines is 1. The molecule has 1 atom stereocenters. The molecule has 1 aromatic rings. The fraction of sp³-hybridized carbons (Fsp3) is 0.500. The van der Waals surface area contributed by atoms with Crippen LogP contribution >= 0.6 is 12.2 Å². The van der Waals surface area contributed by atoms with Gasteiger partial charge >= 0.3 is 6.09 Å². The number of nitrogens with one attached hydrogen (secondary N) is 2. The van der Waals surface area contributed by atoms with E-state index in [2.05, 4.69) is 21.7 Å². The maximum Gasteiger partial charge on any atom is 0.407 e. The van der Waals surface area contributed by atoms with Crippen LogP contribution in [0.4, 0.5) is 10.5 Å². The lowest BCUT2D eigenvalue weighted by atomic mass is 10.0. The van der Waals surface area contributed by atoms with Crippen molar-refractivity contribution < 1.29 is 9.90 Å². The van der Waals surface area contributed by atoms with Gasteiger partial charge in [0.25, 0.3) is 0 Å². The summed E-state index contributed by atoms with van der Waals surface area (Å²) in [4.78, 5) is 15.0. The van der Waals surface area contributed by atoms with Crippen LogP contribution in [0.2, 0.25) is 0 Å². The van der Waals surface area contributed by atoms with Gasteiger partial charge < -0.3 is 20.7 Å². The first-order chi connectivity index (χ1) is 11.3. The summed E-state index contributed by atoms with van der Waals surface area (Å²) in [5.41, 5.74) is 6.82. The zero-order valence-electron chi connectivity index (χ0n) is 14.3. The number of aryl methyl sites for hydroxylation is 1. The number of nitrogens with two attached hydrogens (primary N) is 1. The average Bonchev–Trinajstić information content (AvgIpc) is 2.51. The number of rotatable bonds is 3. The molecule has 1 fully saturated rings. The molecular formula is C16H25N5O2S. The van der Waals surface area contributed by atoms with Crippen molar-refractivity contribution in [1.82, 2.24) is 15.2 Å². The van der Waals surface area contributed by atoms with E-state index >= 15 is 0 Å². The zero-order valence-corrected chi connectivity index (χ0v) is 15.1. The molecule has 8 heteroatoms. The van der Waals surface area contributed by atoms with Gasteiger partial charge in [-0.2, -0.15) is 0 Å². The quantitative estimate of drug-likeness (QED) is 0.374. The number of thiocarbonyl (C=S) groups is 1. The van der Waals surface area contributed by atoms with E-state index in [9.17, 15) is 9.90 Å². The van der Waals surface area contributed by atoms with Crippen molar-refractivity contribution >= 4 is 29.1 Å². The lowest BCUT2D eigenvalue weighted by Gasteiger charge is -2.38. The number of carboxylic acid groups (broad SMARTS) is 1. The summed E-state index contributed by atoms with van der Waals surface area (Å²) >= 11 is 5.08. The van der Waals surface area contributed by atoms with Crippen molar-refractivity contribution in [2.24, 2.45) is 5.84 Å². The van der Waals surface area contributed by atoms with Crippen molar-refractivity contribution in [2.45, 2.75) is 33.4 Å². The Labute approximate surface area is 147 Å². The highest BCUT2D eigenvalue weighted by molar-refractivity contribution is 7.80. The first-order valence-electron chi connectivity index (χ1n) is 7.91. The molecule has 0 saturated carbocycles. The van der Waals surface area contributed by atoms with Crippen LogP contribution in [0.1, 0.15) is 23.6 Å². The van der Waals surface area contributed by atoms with Gasteiger partial charge in [-0.3, -0.25) is 4.90 Å². The molecule has 1 aliphatic rings. The van der Waals surface area contributed by atoms with E-state index in [1.165, 1.54) is 10.5 Å². The highest BCUT2D eigenvalue weighted by Gasteiger charge is 2.27. The van der Waals surface area contributed by atoms with Crippen LogP contribution in [0.25, 0.3) is 0 Å². The van der Waals surface area contributed by atoms with Gasteiger partial charge in [0.1, 0.15) is 0 Å². The van der Waals surface area contributed by atoms with Crippen LogP contribution in [-0.4, -0.2) is 51.8 Å². The molecule has 2 rings (SSSR count). The fourth-order valence-electron chi connectivity index (χ4n) is 3.09. The first-order valence-corrected chi connectivity index (χ1v) is 8.32. The van der Waals surface area contributed by atoms with Crippen LogP contribution in [0.15, 0.2) is 12.1 Å². The Morgan fingerprint density at radius 1 is 1.42 bits per heavy atom. The summed E-state index contributed by atoms with van der Waals surface area (Å²) in [6, 6.07) is 4.19. The van der Waals surface area contributed by atoms with E-state index in [1.54, 1.807) is 0 Å². The van der Waals surface area contributed by atoms with Crippen molar-refractivity contribution in [1.29, 1.82) is 0 Å². The molecule has 0 unspecified atom stereocenters. The minimum Gasteiger partial charge on any atom is -0.465 e. The molecule has 1 saturated heterocycles. The van der Waals surface area contributed by atoms with E-state index in [1.807, 2.05) is 26.8 Å². The Balaban J connectivity index is 2.12. The van der Waals surface area contributed by atoms with Crippen molar-refractivity contribution in [2.75, 3.05) is 25.0 Å². The first kappa shape index (κ1) is 18.4. The number of amides is 1. The molecule has 1 aliphatic heterocycles. The Morgan fingerprint density at radius 2 is 2.12 bits per heavy atom. The summed E-state index contributed by atoms with van der Waals surface area (Å²) in [6.45, 7) is 8.81. The second-order valence-electron chi connectivity index (χ2n) is 6.26. The summed E-state index contributed by atoms with van der Waals surface area (Å²) in [5.74, 6) is 5.33. The Kier molecular flexibility index (Phi) is 5.98. The van der Waals surface area contributed by atoms with Crippen molar-refractivity contribution in [3.8, 4) is 0 Å². The third-order valence-electron chi connectivity index (χ3n) is 4.39. The molecule has 0 spiro atoms. The van der Waals surface area contributed by atoms with Crippen LogP contribution in [0, 0.1) is 13.8 Å². The third kappa shape index (κ3) is 4.34. The van der Waals surface area contributed by atoms with Crippen LogP contribution in [-0.2, 0) is 6.54 Å². The second-order valence-corrected chi connectivity index (χ2v) is 6.66. The molecule has 1 heterocycles. The van der Waals surface area contributed by atoms with Gasteiger partial charge in [0.2, 0.25) is 0 Å². The van der Waals surface area contributed by atoms with E-state index in [-0.39, 0.29) is 6.04 Å². The average molecular weight is 351 g/mol. The minimum absolute atomic E-state index is 0.00650. The number of hydrogen-bond donors (Lipinski definition) is 4.